The van der Waals surface area contributed by atoms with E-state index in [1.807, 2.05) is 61.5 Å². The standard InChI is InChI=1S/C17H18BrNO/c1-2-16(14-8-4-3-5-9-14)17(20)19-15-10-6-7-13(11-15)12-18/h3-11,16H,2,12H2,1H3,(H,19,20). The summed E-state index contributed by atoms with van der Waals surface area (Å²) >= 11 is 3.42. The Morgan fingerprint density at radius 1 is 1.15 bits per heavy atom. The molecule has 2 aromatic rings. The lowest BCUT2D eigenvalue weighted by Gasteiger charge is -2.15. The second-order valence-corrected chi connectivity index (χ2v) is 5.26. The van der Waals surface area contributed by atoms with Crippen molar-refractivity contribution in [2.45, 2.75) is 24.6 Å². The molecule has 2 aromatic carbocycles. The smallest absolute Gasteiger partial charge is 0.231 e. The molecule has 0 aliphatic carbocycles. The molecule has 0 bridgehead atoms. The van der Waals surface area contributed by atoms with Crippen LogP contribution in [0.2, 0.25) is 0 Å². The molecule has 0 radical (unpaired) electrons. The van der Waals surface area contributed by atoms with E-state index in [-0.39, 0.29) is 11.8 Å². The molecular formula is C17H18BrNO. The molecule has 20 heavy (non-hydrogen) atoms. The predicted molar refractivity (Wildman–Crippen MR) is 87.2 cm³/mol. The van der Waals surface area contributed by atoms with E-state index in [9.17, 15) is 4.79 Å². The van der Waals surface area contributed by atoms with Crippen molar-refractivity contribution < 1.29 is 4.79 Å². The fourth-order valence-electron chi connectivity index (χ4n) is 2.22. The number of hydrogen-bond donors (Lipinski definition) is 1. The minimum Gasteiger partial charge on any atom is -0.326 e. The van der Waals surface area contributed by atoms with Crippen LogP contribution in [0.1, 0.15) is 30.4 Å². The molecule has 0 aliphatic rings. The van der Waals surface area contributed by atoms with Gasteiger partial charge in [-0.05, 0) is 29.7 Å². The van der Waals surface area contributed by atoms with Crippen molar-refractivity contribution in [1.82, 2.24) is 0 Å². The fraction of sp³-hybridized carbons (Fsp3) is 0.235. The zero-order valence-corrected chi connectivity index (χ0v) is 13.1. The highest BCUT2D eigenvalue weighted by molar-refractivity contribution is 9.08. The highest BCUT2D eigenvalue weighted by Crippen LogP contribution is 2.22. The summed E-state index contributed by atoms with van der Waals surface area (Å²) < 4.78 is 0. The Labute approximate surface area is 128 Å². The largest absolute Gasteiger partial charge is 0.326 e. The van der Waals surface area contributed by atoms with Gasteiger partial charge in [-0.3, -0.25) is 4.79 Å². The minimum atomic E-state index is -0.108. The molecule has 0 saturated heterocycles. The van der Waals surface area contributed by atoms with Gasteiger partial charge in [0.05, 0.1) is 5.92 Å². The summed E-state index contributed by atoms with van der Waals surface area (Å²) in [4.78, 5) is 12.4. The van der Waals surface area contributed by atoms with Crippen molar-refractivity contribution in [2.75, 3.05) is 5.32 Å². The minimum absolute atomic E-state index is 0.0467. The van der Waals surface area contributed by atoms with E-state index in [2.05, 4.69) is 21.2 Å². The number of hydrogen-bond acceptors (Lipinski definition) is 1. The first kappa shape index (κ1) is 14.8. The summed E-state index contributed by atoms with van der Waals surface area (Å²) in [6.45, 7) is 2.03. The maximum absolute atomic E-state index is 12.4. The first-order valence-corrected chi connectivity index (χ1v) is 7.87. The van der Waals surface area contributed by atoms with Crippen LogP contribution in [0.4, 0.5) is 5.69 Å². The third-order valence-corrected chi connectivity index (χ3v) is 3.92. The molecule has 0 aliphatic heterocycles. The summed E-state index contributed by atoms with van der Waals surface area (Å²) in [5, 5.41) is 3.79. The van der Waals surface area contributed by atoms with E-state index in [1.54, 1.807) is 0 Å². The van der Waals surface area contributed by atoms with Gasteiger partial charge < -0.3 is 5.32 Å². The summed E-state index contributed by atoms with van der Waals surface area (Å²) in [5.41, 5.74) is 3.06. The molecule has 104 valence electrons. The lowest BCUT2D eigenvalue weighted by Crippen LogP contribution is -2.20. The van der Waals surface area contributed by atoms with Gasteiger partial charge in [-0.2, -0.15) is 0 Å². The fourth-order valence-corrected chi connectivity index (χ4v) is 2.57. The lowest BCUT2D eigenvalue weighted by atomic mass is 9.95. The van der Waals surface area contributed by atoms with Gasteiger partial charge in [0.1, 0.15) is 0 Å². The first-order chi connectivity index (χ1) is 9.74. The van der Waals surface area contributed by atoms with Crippen LogP contribution in [0.25, 0.3) is 0 Å². The number of halogens is 1. The Bertz CT molecular complexity index is 568. The van der Waals surface area contributed by atoms with E-state index in [0.717, 1.165) is 28.6 Å². The molecule has 2 nitrogen and oxygen atoms in total. The SMILES string of the molecule is CCC(C(=O)Nc1cccc(CBr)c1)c1ccccc1. The Morgan fingerprint density at radius 2 is 1.90 bits per heavy atom. The monoisotopic (exact) mass is 331 g/mol. The topological polar surface area (TPSA) is 29.1 Å². The van der Waals surface area contributed by atoms with Gasteiger partial charge in [-0.25, -0.2) is 0 Å². The van der Waals surface area contributed by atoms with Crippen LogP contribution in [0.5, 0.6) is 0 Å². The quantitative estimate of drug-likeness (QED) is 0.789. The maximum atomic E-state index is 12.4. The number of rotatable bonds is 5. The van der Waals surface area contributed by atoms with Crippen LogP contribution in [-0.4, -0.2) is 5.91 Å². The van der Waals surface area contributed by atoms with Crippen LogP contribution in [0, 0.1) is 0 Å². The average Bonchev–Trinajstić information content (AvgIpc) is 2.49. The van der Waals surface area contributed by atoms with Gasteiger partial charge >= 0.3 is 0 Å². The molecule has 0 spiro atoms. The number of nitrogens with one attached hydrogen (secondary N) is 1. The average molecular weight is 332 g/mol. The maximum Gasteiger partial charge on any atom is 0.231 e. The summed E-state index contributed by atoms with van der Waals surface area (Å²) in [7, 11) is 0. The van der Waals surface area contributed by atoms with Crippen molar-refractivity contribution in [1.29, 1.82) is 0 Å². The van der Waals surface area contributed by atoms with E-state index in [0.29, 0.717) is 0 Å². The molecule has 0 fully saturated rings. The Kier molecular flexibility index (Phi) is 5.36. The van der Waals surface area contributed by atoms with E-state index in [1.165, 1.54) is 0 Å². The van der Waals surface area contributed by atoms with E-state index in [4.69, 9.17) is 0 Å². The van der Waals surface area contributed by atoms with Crippen molar-refractivity contribution >= 4 is 27.5 Å². The molecular weight excluding hydrogens is 314 g/mol. The van der Waals surface area contributed by atoms with Gasteiger partial charge in [0.2, 0.25) is 5.91 Å². The molecule has 1 N–H and O–H groups in total. The Hall–Kier alpha value is -1.61. The third kappa shape index (κ3) is 3.70. The molecule has 0 saturated carbocycles. The molecule has 1 unspecified atom stereocenters. The molecule has 0 heterocycles. The van der Waals surface area contributed by atoms with Crippen LogP contribution in [0.15, 0.2) is 54.6 Å². The number of carbonyl (C=O) groups is 1. The number of benzene rings is 2. The summed E-state index contributed by atoms with van der Waals surface area (Å²) in [6.07, 6.45) is 0.786. The Morgan fingerprint density at radius 3 is 2.55 bits per heavy atom. The van der Waals surface area contributed by atoms with Crippen molar-refractivity contribution in [2.24, 2.45) is 0 Å². The van der Waals surface area contributed by atoms with Gasteiger partial charge in [0.15, 0.2) is 0 Å². The molecule has 1 atom stereocenters. The molecule has 3 heteroatoms. The van der Waals surface area contributed by atoms with Gasteiger partial charge in [0.25, 0.3) is 0 Å². The number of carbonyl (C=O) groups excluding carboxylic acids is 1. The second-order valence-electron chi connectivity index (χ2n) is 4.69. The highest BCUT2D eigenvalue weighted by atomic mass is 79.9. The zero-order valence-electron chi connectivity index (χ0n) is 11.5. The molecule has 2 rings (SSSR count). The first-order valence-electron chi connectivity index (χ1n) is 6.75. The van der Waals surface area contributed by atoms with Crippen LogP contribution < -0.4 is 5.32 Å². The molecule has 1 amide bonds. The Balaban J connectivity index is 2.13. The number of anilines is 1. The van der Waals surface area contributed by atoms with Gasteiger partial charge in [-0.1, -0.05) is 65.3 Å². The predicted octanol–water partition coefficient (Wildman–Crippen LogP) is 4.71. The van der Waals surface area contributed by atoms with Crippen LogP contribution in [0.3, 0.4) is 0 Å². The van der Waals surface area contributed by atoms with Gasteiger partial charge in [0, 0.05) is 11.0 Å². The third-order valence-electron chi connectivity index (χ3n) is 3.28. The highest BCUT2D eigenvalue weighted by Gasteiger charge is 2.18. The van der Waals surface area contributed by atoms with E-state index < -0.39 is 0 Å². The summed E-state index contributed by atoms with van der Waals surface area (Å²) in [6, 6.07) is 17.8. The van der Waals surface area contributed by atoms with Crippen molar-refractivity contribution in [3.63, 3.8) is 0 Å². The van der Waals surface area contributed by atoms with Crippen LogP contribution in [-0.2, 0) is 10.1 Å². The number of amides is 1. The van der Waals surface area contributed by atoms with Gasteiger partial charge in [-0.15, -0.1) is 0 Å². The summed E-state index contributed by atoms with van der Waals surface area (Å²) in [5.74, 6) is -0.0609. The van der Waals surface area contributed by atoms with Crippen molar-refractivity contribution in [3.8, 4) is 0 Å². The lowest BCUT2D eigenvalue weighted by molar-refractivity contribution is -0.117. The van der Waals surface area contributed by atoms with Crippen LogP contribution >= 0.6 is 15.9 Å². The van der Waals surface area contributed by atoms with Crippen molar-refractivity contribution in [3.05, 3.63) is 65.7 Å². The number of alkyl halides is 1. The zero-order chi connectivity index (χ0) is 14.4. The van der Waals surface area contributed by atoms with E-state index >= 15 is 0 Å². The molecule has 0 aromatic heterocycles. The normalized spacial score (nSPS) is 11.9. The second kappa shape index (κ2) is 7.25.